The highest BCUT2D eigenvalue weighted by Gasteiger charge is 2.26. The molecule has 0 unspecified atom stereocenters. The Labute approximate surface area is 103 Å². The maximum absolute atomic E-state index is 11.4. The molecule has 2 N–H and O–H groups in total. The maximum atomic E-state index is 11.4. The first-order valence-corrected chi connectivity index (χ1v) is 7.80. The second kappa shape index (κ2) is 6.35. The van der Waals surface area contributed by atoms with Crippen molar-refractivity contribution in [3.05, 3.63) is 0 Å². The molecule has 0 saturated heterocycles. The molecule has 1 aliphatic carbocycles. The molecule has 0 aliphatic heterocycles. The van der Waals surface area contributed by atoms with Crippen LogP contribution in [0.2, 0.25) is 0 Å². The quantitative estimate of drug-likeness (QED) is 0.754. The Bertz CT molecular complexity index is 344. The second-order valence-corrected chi connectivity index (χ2v) is 6.65. The molecule has 6 heteroatoms. The minimum atomic E-state index is -3.13. The minimum Gasteiger partial charge on any atom is -0.481 e. The fourth-order valence-corrected chi connectivity index (χ4v) is 3.37. The fourth-order valence-electron chi connectivity index (χ4n) is 2.20. The Balaban J connectivity index is 2.29. The minimum absolute atomic E-state index is 0.164. The van der Waals surface area contributed by atoms with Gasteiger partial charge in [-0.15, -0.1) is 0 Å². The van der Waals surface area contributed by atoms with Crippen LogP contribution in [0, 0.1) is 11.8 Å². The average molecular weight is 263 g/mol. The lowest BCUT2D eigenvalue weighted by molar-refractivity contribution is -0.143. The summed E-state index contributed by atoms with van der Waals surface area (Å²) in [5.41, 5.74) is 0. The number of rotatable bonds is 6. The summed E-state index contributed by atoms with van der Waals surface area (Å²) >= 11 is 0. The van der Waals surface area contributed by atoms with Gasteiger partial charge in [-0.05, 0) is 38.0 Å². The number of nitrogens with one attached hydrogen (secondary N) is 1. The molecule has 0 atom stereocenters. The molecule has 0 bridgehead atoms. The van der Waals surface area contributed by atoms with Crippen molar-refractivity contribution < 1.29 is 18.3 Å². The van der Waals surface area contributed by atoms with E-state index < -0.39 is 16.0 Å². The Morgan fingerprint density at radius 1 is 1.29 bits per heavy atom. The molecule has 0 aromatic carbocycles. The number of aliphatic carboxylic acids is 1. The van der Waals surface area contributed by atoms with Crippen LogP contribution in [-0.4, -0.2) is 31.8 Å². The third-order valence-electron chi connectivity index (χ3n) is 3.26. The molecule has 5 nitrogen and oxygen atoms in total. The van der Waals surface area contributed by atoms with E-state index in [9.17, 15) is 13.2 Å². The summed E-state index contributed by atoms with van der Waals surface area (Å²) in [5.74, 6) is -0.511. The predicted octanol–water partition coefficient (Wildman–Crippen LogP) is 1.21. The van der Waals surface area contributed by atoms with Gasteiger partial charge in [-0.25, -0.2) is 13.1 Å². The molecule has 1 rings (SSSR count). The predicted molar refractivity (Wildman–Crippen MR) is 65.2 cm³/mol. The zero-order chi connectivity index (χ0) is 12.9. The highest BCUT2D eigenvalue weighted by Crippen LogP contribution is 2.28. The zero-order valence-corrected chi connectivity index (χ0v) is 11.0. The highest BCUT2D eigenvalue weighted by atomic mass is 32.2. The van der Waals surface area contributed by atoms with Gasteiger partial charge in [-0.2, -0.15) is 0 Å². The lowest BCUT2D eigenvalue weighted by atomic mass is 9.82. The number of carboxylic acids is 1. The van der Waals surface area contributed by atoms with Crippen LogP contribution in [0.4, 0.5) is 0 Å². The third-order valence-corrected chi connectivity index (χ3v) is 4.81. The van der Waals surface area contributed by atoms with E-state index in [1.807, 2.05) is 6.92 Å². The van der Waals surface area contributed by atoms with Crippen molar-refractivity contribution in [2.45, 2.75) is 39.0 Å². The van der Waals surface area contributed by atoms with Gasteiger partial charge >= 0.3 is 5.97 Å². The summed E-state index contributed by atoms with van der Waals surface area (Å²) in [6, 6.07) is 0. The van der Waals surface area contributed by atoms with Gasteiger partial charge in [0.2, 0.25) is 10.0 Å². The number of hydrogen-bond acceptors (Lipinski definition) is 3. The van der Waals surface area contributed by atoms with Crippen molar-refractivity contribution in [3.8, 4) is 0 Å². The average Bonchev–Trinajstić information content (AvgIpc) is 2.27. The smallest absolute Gasteiger partial charge is 0.306 e. The van der Waals surface area contributed by atoms with E-state index in [4.69, 9.17) is 5.11 Å². The summed E-state index contributed by atoms with van der Waals surface area (Å²) in [4.78, 5) is 10.8. The molecule has 0 aromatic rings. The van der Waals surface area contributed by atoms with Crippen molar-refractivity contribution >= 4 is 16.0 Å². The number of hydrogen-bond donors (Lipinski definition) is 2. The number of sulfonamides is 1. The van der Waals surface area contributed by atoms with Gasteiger partial charge in [0.1, 0.15) is 0 Å². The van der Waals surface area contributed by atoms with Crippen LogP contribution in [0.15, 0.2) is 0 Å². The molecule has 1 fully saturated rings. The normalized spacial score (nSPS) is 25.7. The van der Waals surface area contributed by atoms with E-state index >= 15 is 0 Å². The first-order valence-electron chi connectivity index (χ1n) is 6.14. The van der Waals surface area contributed by atoms with E-state index in [0.29, 0.717) is 25.8 Å². The standard InChI is InChI=1S/C11H21NO4S/c1-2-7-17(15,16)12-8-9-3-5-10(6-4-9)11(13)14/h9-10,12H,2-8H2,1H3,(H,13,14). The van der Waals surface area contributed by atoms with E-state index in [0.717, 1.165) is 12.8 Å². The van der Waals surface area contributed by atoms with Gasteiger partial charge in [0.25, 0.3) is 0 Å². The molecule has 1 aliphatic rings. The first-order chi connectivity index (χ1) is 7.94. The summed E-state index contributed by atoms with van der Waals surface area (Å²) in [6.07, 6.45) is 3.53. The van der Waals surface area contributed by atoms with Gasteiger partial charge in [0.05, 0.1) is 11.7 Å². The fraction of sp³-hybridized carbons (Fsp3) is 0.909. The van der Waals surface area contributed by atoms with Crippen LogP contribution in [-0.2, 0) is 14.8 Å². The van der Waals surface area contributed by atoms with Crippen LogP contribution in [0.5, 0.6) is 0 Å². The molecule has 0 radical (unpaired) electrons. The molecular formula is C11H21NO4S. The van der Waals surface area contributed by atoms with E-state index in [1.54, 1.807) is 0 Å². The van der Waals surface area contributed by atoms with E-state index in [-0.39, 0.29) is 17.6 Å². The number of carboxylic acid groups (broad SMARTS) is 1. The summed E-state index contributed by atoms with van der Waals surface area (Å²) in [7, 11) is -3.13. The topological polar surface area (TPSA) is 83.5 Å². The lowest BCUT2D eigenvalue weighted by Gasteiger charge is -2.26. The molecule has 0 amide bonds. The van der Waals surface area contributed by atoms with E-state index in [1.165, 1.54) is 0 Å². The number of carbonyl (C=O) groups is 1. The Hall–Kier alpha value is -0.620. The van der Waals surface area contributed by atoms with Gasteiger partial charge < -0.3 is 5.11 Å². The lowest BCUT2D eigenvalue weighted by Crippen LogP contribution is -2.33. The van der Waals surface area contributed by atoms with Crippen molar-refractivity contribution in [3.63, 3.8) is 0 Å². The van der Waals surface area contributed by atoms with Crippen molar-refractivity contribution in [2.75, 3.05) is 12.3 Å². The van der Waals surface area contributed by atoms with Crippen LogP contribution in [0.25, 0.3) is 0 Å². The van der Waals surface area contributed by atoms with Gasteiger partial charge in [-0.3, -0.25) is 4.79 Å². The highest BCUT2D eigenvalue weighted by molar-refractivity contribution is 7.89. The van der Waals surface area contributed by atoms with Crippen LogP contribution in [0.3, 0.4) is 0 Å². The summed E-state index contributed by atoms with van der Waals surface area (Å²) < 4.78 is 25.5. The molecule has 0 spiro atoms. The Morgan fingerprint density at radius 3 is 2.35 bits per heavy atom. The first kappa shape index (κ1) is 14.4. The molecule has 100 valence electrons. The third kappa shape index (κ3) is 5.04. The van der Waals surface area contributed by atoms with Gasteiger partial charge in [0, 0.05) is 6.54 Å². The van der Waals surface area contributed by atoms with Crippen molar-refractivity contribution in [2.24, 2.45) is 11.8 Å². The zero-order valence-electron chi connectivity index (χ0n) is 10.2. The van der Waals surface area contributed by atoms with Crippen molar-refractivity contribution in [1.29, 1.82) is 0 Å². The van der Waals surface area contributed by atoms with Crippen LogP contribution in [0.1, 0.15) is 39.0 Å². The van der Waals surface area contributed by atoms with E-state index in [2.05, 4.69) is 4.72 Å². The molecule has 0 heterocycles. The molecule has 17 heavy (non-hydrogen) atoms. The van der Waals surface area contributed by atoms with Crippen LogP contribution >= 0.6 is 0 Å². The largest absolute Gasteiger partial charge is 0.481 e. The Morgan fingerprint density at radius 2 is 1.88 bits per heavy atom. The molecule has 1 saturated carbocycles. The molecule has 0 aromatic heterocycles. The van der Waals surface area contributed by atoms with Gasteiger partial charge in [-0.1, -0.05) is 6.92 Å². The summed E-state index contributed by atoms with van der Waals surface area (Å²) in [5, 5.41) is 8.84. The van der Waals surface area contributed by atoms with Gasteiger partial charge in [0.15, 0.2) is 0 Å². The van der Waals surface area contributed by atoms with Crippen molar-refractivity contribution in [1.82, 2.24) is 4.72 Å². The van der Waals surface area contributed by atoms with Crippen LogP contribution < -0.4 is 4.72 Å². The molecular weight excluding hydrogens is 242 g/mol. The Kier molecular flexibility index (Phi) is 5.39. The maximum Gasteiger partial charge on any atom is 0.306 e. The summed E-state index contributed by atoms with van der Waals surface area (Å²) in [6.45, 7) is 2.28. The monoisotopic (exact) mass is 263 g/mol. The second-order valence-electron chi connectivity index (χ2n) is 4.72. The SMILES string of the molecule is CCCS(=O)(=O)NCC1CCC(C(=O)O)CC1.